The van der Waals surface area contributed by atoms with Crippen LogP contribution < -0.4 is 5.32 Å². The molecule has 0 radical (unpaired) electrons. The number of hydrogen-bond donors (Lipinski definition) is 1. The van der Waals surface area contributed by atoms with E-state index in [1.54, 1.807) is 6.20 Å². The maximum atomic E-state index is 12.2. The first-order chi connectivity index (χ1) is 10.6. The van der Waals surface area contributed by atoms with Crippen molar-refractivity contribution in [1.29, 1.82) is 0 Å². The number of hydrogen-bond acceptors (Lipinski definition) is 2. The van der Waals surface area contributed by atoms with Gasteiger partial charge in [0.15, 0.2) is 0 Å². The summed E-state index contributed by atoms with van der Waals surface area (Å²) in [7, 11) is 0. The standard InChI is InChI=1S/C17H20ClN3O/c1-13-19-10-12-21(13)11-2-3-16(22)20-17(8-9-17)14-4-6-15(18)7-5-14/h4-7,10,12H,2-3,8-9,11H2,1H3,(H,20,22). The van der Waals surface area contributed by atoms with Crippen molar-refractivity contribution in [2.45, 2.75) is 44.7 Å². The van der Waals surface area contributed by atoms with Crippen molar-refractivity contribution in [3.05, 3.63) is 53.1 Å². The molecule has 1 aliphatic rings. The summed E-state index contributed by atoms with van der Waals surface area (Å²) in [5.74, 6) is 1.10. The van der Waals surface area contributed by atoms with E-state index in [0.717, 1.165) is 42.2 Å². The second-order valence-electron chi connectivity index (χ2n) is 5.91. The number of nitrogens with zero attached hydrogens (tertiary/aromatic N) is 2. The van der Waals surface area contributed by atoms with Crippen LogP contribution in [0, 0.1) is 6.92 Å². The van der Waals surface area contributed by atoms with E-state index in [1.165, 1.54) is 0 Å². The van der Waals surface area contributed by atoms with Crippen molar-refractivity contribution in [2.75, 3.05) is 0 Å². The van der Waals surface area contributed by atoms with E-state index in [-0.39, 0.29) is 11.4 Å². The minimum atomic E-state index is -0.160. The summed E-state index contributed by atoms with van der Waals surface area (Å²) in [6.45, 7) is 2.80. The summed E-state index contributed by atoms with van der Waals surface area (Å²) in [6, 6.07) is 7.77. The molecule has 0 atom stereocenters. The van der Waals surface area contributed by atoms with Gasteiger partial charge in [-0.2, -0.15) is 0 Å². The van der Waals surface area contributed by atoms with E-state index in [0.29, 0.717) is 6.42 Å². The van der Waals surface area contributed by atoms with Crippen LogP contribution in [0.3, 0.4) is 0 Å². The maximum Gasteiger partial charge on any atom is 0.220 e. The fourth-order valence-corrected chi connectivity index (χ4v) is 2.89. The molecule has 1 fully saturated rings. The number of halogens is 1. The summed E-state index contributed by atoms with van der Waals surface area (Å²) >= 11 is 5.92. The first-order valence-corrected chi connectivity index (χ1v) is 8.02. The van der Waals surface area contributed by atoms with E-state index in [1.807, 2.05) is 37.4 Å². The molecule has 5 heteroatoms. The molecule has 0 spiro atoms. The SMILES string of the molecule is Cc1nccn1CCCC(=O)NC1(c2ccc(Cl)cc2)CC1. The van der Waals surface area contributed by atoms with Gasteiger partial charge in [0, 0.05) is 30.4 Å². The summed E-state index contributed by atoms with van der Waals surface area (Å²) in [5.41, 5.74) is 0.989. The highest BCUT2D eigenvalue weighted by Crippen LogP contribution is 2.45. The van der Waals surface area contributed by atoms with Crippen molar-refractivity contribution >= 4 is 17.5 Å². The molecule has 22 heavy (non-hydrogen) atoms. The zero-order valence-corrected chi connectivity index (χ0v) is 13.4. The Hall–Kier alpha value is -1.81. The Morgan fingerprint density at radius 2 is 2.09 bits per heavy atom. The quantitative estimate of drug-likeness (QED) is 0.887. The first-order valence-electron chi connectivity index (χ1n) is 7.64. The Kier molecular flexibility index (Phi) is 4.21. The Morgan fingerprint density at radius 3 is 2.68 bits per heavy atom. The fraction of sp³-hybridized carbons (Fsp3) is 0.412. The van der Waals surface area contributed by atoms with Crippen LogP contribution in [0.1, 0.15) is 37.1 Å². The summed E-state index contributed by atoms with van der Waals surface area (Å²) < 4.78 is 2.07. The monoisotopic (exact) mass is 317 g/mol. The minimum Gasteiger partial charge on any atom is -0.347 e. The molecule has 0 saturated heterocycles. The molecular formula is C17H20ClN3O. The smallest absolute Gasteiger partial charge is 0.220 e. The van der Waals surface area contributed by atoms with Crippen molar-refractivity contribution in [1.82, 2.24) is 14.9 Å². The molecule has 1 N–H and O–H groups in total. The van der Waals surface area contributed by atoms with Gasteiger partial charge in [0.25, 0.3) is 0 Å². The lowest BCUT2D eigenvalue weighted by Crippen LogP contribution is -2.34. The number of aromatic nitrogens is 2. The van der Waals surface area contributed by atoms with Crippen LogP contribution in [0.4, 0.5) is 0 Å². The largest absolute Gasteiger partial charge is 0.347 e. The third-order valence-electron chi connectivity index (χ3n) is 4.25. The van der Waals surface area contributed by atoms with Gasteiger partial charge in [-0.05, 0) is 43.9 Å². The molecule has 1 aromatic carbocycles. The van der Waals surface area contributed by atoms with Gasteiger partial charge in [-0.3, -0.25) is 4.79 Å². The predicted octanol–water partition coefficient (Wildman–Crippen LogP) is 3.43. The summed E-state index contributed by atoms with van der Waals surface area (Å²) in [6.07, 6.45) is 7.09. The average Bonchev–Trinajstić information content (AvgIpc) is 3.15. The second-order valence-corrected chi connectivity index (χ2v) is 6.35. The lowest BCUT2D eigenvalue weighted by atomic mass is 10.0. The lowest BCUT2D eigenvalue weighted by Gasteiger charge is -2.18. The van der Waals surface area contributed by atoms with Gasteiger partial charge < -0.3 is 9.88 Å². The molecule has 0 aliphatic heterocycles. The Labute approximate surface area is 135 Å². The molecule has 1 aliphatic carbocycles. The topological polar surface area (TPSA) is 46.9 Å². The number of amides is 1. The van der Waals surface area contributed by atoms with Gasteiger partial charge in [-0.25, -0.2) is 4.98 Å². The molecule has 1 heterocycles. The number of nitrogens with one attached hydrogen (secondary N) is 1. The van der Waals surface area contributed by atoms with Crippen LogP contribution in [0.25, 0.3) is 0 Å². The molecule has 1 saturated carbocycles. The van der Waals surface area contributed by atoms with E-state index >= 15 is 0 Å². The molecule has 4 nitrogen and oxygen atoms in total. The van der Waals surface area contributed by atoms with Gasteiger partial charge in [0.05, 0.1) is 5.54 Å². The third-order valence-corrected chi connectivity index (χ3v) is 4.50. The third kappa shape index (κ3) is 3.33. The molecule has 116 valence electrons. The van der Waals surface area contributed by atoms with Gasteiger partial charge >= 0.3 is 0 Å². The Balaban J connectivity index is 1.51. The van der Waals surface area contributed by atoms with Crippen molar-refractivity contribution in [2.24, 2.45) is 0 Å². The normalized spacial score (nSPS) is 15.5. The number of carbonyl (C=O) groups is 1. The van der Waals surface area contributed by atoms with Gasteiger partial charge in [0.2, 0.25) is 5.91 Å². The van der Waals surface area contributed by atoms with E-state index in [4.69, 9.17) is 11.6 Å². The predicted molar refractivity (Wildman–Crippen MR) is 86.7 cm³/mol. The molecule has 0 unspecified atom stereocenters. The molecule has 2 aromatic rings. The molecule has 1 aromatic heterocycles. The summed E-state index contributed by atoms with van der Waals surface area (Å²) in [4.78, 5) is 16.4. The van der Waals surface area contributed by atoms with E-state index in [2.05, 4.69) is 14.9 Å². The van der Waals surface area contributed by atoms with Crippen LogP contribution in [0.5, 0.6) is 0 Å². The van der Waals surface area contributed by atoms with Crippen LogP contribution in [-0.4, -0.2) is 15.5 Å². The Morgan fingerprint density at radius 1 is 1.36 bits per heavy atom. The van der Waals surface area contributed by atoms with E-state index < -0.39 is 0 Å². The number of carbonyl (C=O) groups excluding carboxylic acids is 1. The molecule has 1 amide bonds. The van der Waals surface area contributed by atoms with E-state index in [9.17, 15) is 4.79 Å². The van der Waals surface area contributed by atoms with Crippen LogP contribution in [0.2, 0.25) is 5.02 Å². The zero-order valence-electron chi connectivity index (χ0n) is 12.7. The van der Waals surface area contributed by atoms with Crippen molar-refractivity contribution < 1.29 is 4.79 Å². The number of rotatable bonds is 6. The lowest BCUT2D eigenvalue weighted by molar-refractivity contribution is -0.122. The first kappa shape index (κ1) is 15.1. The fourth-order valence-electron chi connectivity index (χ4n) is 2.76. The number of imidazole rings is 1. The number of benzene rings is 1. The zero-order chi connectivity index (χ0) is 15.6. The molecule has 0 bridgehead atoms. The van der Waals surface area contributed by atoms with Crippen molar-refractivity contribution in [3.8, 4) is 0 Å². The average molecular weight is 318 g/mol. The minimum absolute atomic E-state index is 0.116. The number of aryl methyl sites for hydroxylation is 2. The van der Waals surface area contributed by atoms with Crippen LogP contribution >= 0.6 is 11.6 Å². The van der Waals surface area contributed by atoms with Gasteiger partial charge in [-0.15, -0.1) is 0 Å². The second kappa shape index (κ2) is 6.13. The highest BCUT2D eigenvalue weighted by Gasteiger charge is 2.45. The molecule has 3 rings (SSSR count). The maximum absolute atomic E-state index is 12.2. The Bertz CT molecular complexity index is 659. The highest BCUT2D eigenvalue weighted by molar-refractivity contribution is 6.30. The van der Waals surface area contributed by atoms with Gasteiger partial charge in [-0.1, -0.05) is 23.7 Å². The van der Waals surface area contributed by atoms with Gasteiger partial charge in [0.1, 0.15) is 5.82 Å². The molecular weight excluding hydrogens is 298 g/mol. The van der Waals surface area contributed by atoms with Crippen LogP contribution in [0.15, 0.2) is 36.7 Å². The highest BCUT2D eigenvalue weighted by atomic mass is 35.5. The van der Waals surface area contributed by atoms with Crippen molar-refractivity contribution in [3.63, 3.8) is 0 Å². The van der Waals surface area contributed by atoms with Crippen LogP contribution in [-0.2, 0) is 16.9 Å². The summed E-state index contributed by atoms with van der Waals surface area (Å²) in [5, 5.41) is 3.91.